The van der Waals surface area contributed by atoms with Crippen LogP contribution in [0.15, 0.2) is 47.4 Å². The molecule has 2 aromatic carbocycles. The molecule has 0 saturated carbocycles. The highest BCUT2D eigenvalue weighted by Gasteiger charge is 2.30. The maximum atomic E-state index is 13.1. The van der Waals surface area contributed by atoms with Crippen LogP contribution >= 0.6 is 11.6 Å². The number of carbonyl (C=O) groups excluding carboxylic acids is 1. The zero-order valence-electron chi connectivity index (χ0n) is 16.9. The van der Waals surface area contributed by atoms with Gasteiger partial charge in [-0.2, -0.15) is 4.31 Å². The maximum Gasteiger partial charge on any atom is 0.265 e. The van der Waals surface area contributed by atoms with E-state index in [1.807, 2.05) is 0 Å². The first-order chi connectivity index (χ1) is 14.3. The number of hydrogen-bond acceptors (Lipinski definition) is 5. The summed E-state index contributed by atoms with van der Waals surface area (Å²) in [6.07, 6.45) is 0.870. The average molecular weight is 453 g/mol. The molecule has 0 unspecified atom stereocenters. The predicted octanol–water partition coefficient (Wildman–Crippen LogP) is 3.93. The van der Waals surface area contributed by atoms with Crippen LogP contribution in [0.4, 0.5) is 5.69 Å². The summed E-state index contributed by atoms with van der Waals surface area (Å²) in [4.78, 5) is 12.6. The van der Waals surface area contributed by atoms with Crippen LogP contribution in [0, 0.1) is 0 Å². The Hall–Kier alpha value is -2.29. The van der Waals surface area contributed by atoms with Gasteiger partial charge >= 0.3 is 0 Å². The molecule has 0 radical (unpaired) electrons. The van der Waals surface area contributed by atoms with Crippen molar-refractivity contribution in [1.82, 2.24) is 4.31 Å². The minimum atomic E-state index is -3.71. The summed E-state index contributed by atoms with van der Waals surface area (Å²) >= 11 is 5.85. The van der Waals surface area contributed by atoms with Gasteiger partial charge < -0.3 is 14.8 Å². The molecular weight excluding hydrogens is 428 g/mol. The van der Waals surface area contributed by atoms with Gasteiger partial charge in [0.05, 0.1) is 6.61 Å². The highest BCUT2D eigenvalue weighted by Crippen LogP contribution is 2.31. The normalized spacial score (nSPS) is 15.6. The molecule has 0 spiro atoms. The molecule has 0 aromatic heterocycles. The molecule has 1 atom stereocenters. The lowest BCUT2D eigenvalue weighted by Crippen LogP contribution is -2.31. The fourth-order valence-corrected chi connectivity index (χ4v) is 4.94. The molecule has 162 valence electrons. The zero-order valence-corrected chi connectivity index (χ0v) is 18.5. The number of ether oxygens (including phenoxy) is 2. The van der Waals surface area contributed by atoms with Crippen molar-refractivity contribution in [2.75, 3.05) is 25.0 Å². The van der Waals surface area contributed by atoms with E-state index in [0.29, 0.717) is 36.2 Å². The maximum absolute atomic E-state index is 13.1. The third kappa shape index (κ3) is 5.24. The summed E-state index contributed by atoms with van der Waals surface area (Å²) < 4.78 is 38.7. The van der Waals surface area contributed by atoms with Crippen LogP contribution in [-0.4, -0.2) is 44.4 Å². The van der Waals surface area contributed by atoms with Gasteiger partial charge in [-0.25, -0.2) is 8.42 Å². The van der Waals surface area contributed by atoms with Crippen LogP contribution in [0.25, 0.3) is 0 Å². The molecule has 1 amide bonds. The SMILES string of the molecule is CCOc1ccc(NC(=O)[C@@H](C)Oc2ccc(Cl)cc2)cc1S(=O)(=O)N1CCCC1. The summed E-state index contributed by atoms with van der Waals surface area (Å²) in [5.74, 6) is 0.373. The molecule has 1 N–H and O–H groups in total. The Bertz CT molecular complexity index is 989. The van der Waals surface area contributed by atoms with Crippen molar-refractivity contribution in [2.45, 2.75) is 37.7 Å². The Morgan fingerprint density at radius 1 is 1.17 bits per heavy atom. The molecule has 7 nitrogen and oxygen atoms in total. The Kier molecular flexibility index (Phi) is 7.23. The molecule has 1 fully saturated rings. The largest absolute Gasteiger partial charge is 0.492 e. The highest BCUT2D eigenvalue weighted by atomic mass is 35.5. The number of hydrogen-bond donors (Lipinski definition) is 1. The van der Waals surface area contributed by atoms with Crippen molar-refractivity contribution in [2.24, 2.45) is 0 Å². The van der Waals surface area contributed by atoms with Gasteiger partial charge in [0.1, 0.15) is 16.4 Å². The van der Waals surface area contributed by atoms with E-state index in [4.69, 9.17) is 21.1 Å². The number of sulfonamides is 1. The van der Waals surface area contributed by atoms with Gasteiger partial charge in [-0.3, -0.25) is 4.79 Å². The number of anilines is 1. The highest BCUT2D eigenvalue weighted by molar-refractivity contribution is 7.89. The van der Waals surface area contributed by atoms with Crippen molar-refractivity contribution < 1.29 is 22.7 Å². The smallest absolute Gasteiger partial charge is 0.265 e. The second-order valence-corrected chi connectivity index (χ2v) is 9.25. The van der Waals surface area contributed by atoms with Crippen LogP contribution in [0.2, 0.25) is 5.02 Å². The lowest BCUT2D eigenvalue weighted by molar-refractivity contribution is -0.122. The van der Waals surface area contributed by atoms with Crippen molar-refractivity contribution in [3.05, 3.63) is 47.5 Å². The van der Waals surface area contributed by atoms with Gasteiger partial charge in [-0.15, -0.1) is 0 Å². The number of halogens is 1. The van der Waals surface area contributed by atoms with Crippen molar-refractivity contribution in [3.8, 4) is 11.5 Å². The van der Waals surface area contributed by atoms with Crippen LogP contribution in [0.1, 0.15) is 26.7 Å². The van der Waals surface area contributed by atoms with E-state index in [1.165, 1.54) is 10.4 Å². The number of amides is 1. The molecule has 1 aliphatic rings. The van der Waals surface area contributed by atoms with E-state index in [2.05, 4.69) is 5.32 Å². The molecule has 1 heterocycles. The second-order valence-electron chi connectivity index (χ2n) is 6.91. The van der Waals surface area contributed by atoms with Gasteiger partial charge in [0.2, 0.25) is 10.0 Å². The van der Waals surface area contributed by atoms with Gasteiger partial charge in [-0.1, -0.05) is 11.6 Å². The number of nitrogens with one attached hydrogen (secondary N) is 1. The number of benzene rings is 2. The minimum Gasteiger partial charge on any atom is -0.492 e. The molecule has 3 rings (SSSR count). The Labute approximate surface area is 182 Å². The summed E-state index contributed by atoms with van der Waals surface area (Å²) in [7, 11) is -3.71. The predicted molar refractivity (Wildman–Crippen MR) is 116 cm³/mol. The minimum absolute atomic E-state index is 0.0512. The van der Waals surface area contributed by atoms with E-state index in [0.717, 1.165) is 12.8 Å². The molecular formula is C21H25ClN2O5S. The standard InChI is InChI=1S/C21H25ClN2O5S/c1-3-28-19-11-8-17(14-20(19)30(26,27)24-12-4-5-13-24)23-21(25)15(2)29-18-9-6-16(22)7-10-18/h6-11,14-15H,3-5,12-13H2,1-2H3,(H,23,25)/t15-/m1/s1. The first kappa shape index (κ1) is 22.4. The molecule has 1 saturated heterocycles. The zero-order chi connectivity index (χ0) is 21.7. The van der Waals surface area contributed by atoms with Gasteiger partial charge in [0.15, 0.2) is 6.10 Å². The Morgan fingerprint density at radius 3 is 2.47 bits per heavy atom. The summed E-state index contributed by atoms with van der Waals surface area (Å²) in [6.45, 7) is 4.70. The second kappa shape index (κ2) is 9.68. The monoisotopic (exact) mass is 452 g/mol. The van der Waals surface area contributed by atoms with Gasteiger partial charge in [0.25, 0.3) is 5.91 Å². The fourth-order valence-electron chi connectivity index (χ4n) is 3.14. The quantitative estimate of drug-likeness (QED) is 0.656. The van der Waals surface area contributed by atoms with Gasteiger partial charge in [-0.05, 0) is 69.2 Å². The summed E-state index contributed by atoms with van der Waals surface area (Å²) in [5, 5.41) is 3.29. The topological polar surface area (TPSA) is 84.9 Å². The lowest BCUT2D eigenvalue weighted by atomic mass is 10.2. The molecule has 30 heavy (non-hydrogen) atoms. The van der Waals surface area contributed by atoms with Crippen LogP contribution in [-0.2, 0) is 14.8 Å². The van der Waals surface area contributed by atoms with E-state index in [1.54, 1.807) is 50.2 Å². The number of nitrogens with zero attached hydrogens (tertiary/aromatic N) is 1. The molecule has 0 bridgehead atoms. The molecule has 1 aliphatic heterocycles. The van der Waals surface area contributed by atoms with Gasteiger partial charge in [0, 0.05) is 23.8 Å². The van der Waals surface area contributed by atoms with E-state index >= 15 is 0 Å². The third-order valence-electron chi connectivity index (χ3n) is 4.69. The first-order valence-corrected chi connectivity index (χ1v) is 11.6. The van der Waals surface area contributed by atoms with E-state index < -0.39 is 22.0 Å². The third-order valence-corrected chi connectivity index (χ3v) is 6.86. The Morgan fingerprint density at radius 2 is 1.83 bits per heavy atom. The number of carbonyl (C=O) groups is 1. The van der Waals surface area contributed by atoms with Crippen LogP contribution in [0.3, 0.4) is 0 Å². The first-order valence-electron chi connectivity index (χ1n) is 9.81. The van der Waals surface area contributed by atoms with Crippen LogP contribution < -0.4 is 14.8 Å². The van der Waals surface area contributed by atoms with Crippen molar-refractivity contribution >= 4 is 33.2 Å². The average Bonchev–Trinajstić information content (AvgIpc) is 3.26. The van der Waals surface area contributed by atoms with E-state index in [9.17, 15) is 13.2 Å². The lowest BCUT2D eigenvalue weighted by Gasteiger charge is -2.20. The van der Waals surface area contributed by atoms with Crippen molar-refractivity contribution in [1.29, 1.82) is 0 Å². The molecule has 9 heteroatoms. The van der Waals surface area contributed by atoms with Crippen molar-refractivity contribution in [3.63, 3.8) is 0 Å². The summed E-state index contributed by atoms with van der Waals surface area (Å²) in [5.41, 5.74) is 0.354. The summed E-state index contributed by atoms with van der Waals surface area (Å²) in [6, 6.07) is 11.3. The molecule has 0 aliphatic carbocycles. The Balaban J connectivity index is 1.78. The number of rotatable bonds is 8. The van der Waals surface area contributed by atoms with E-state index in [-0.39, 0.29) is 10.6 Å². The fraction of sp³-hybridized carbons (Fsp3) is 0.381. The van der Waals surface area contributed by atoms with Crippen LogP contribution in [0.5, 0.6) is 11.5 Å². The molecule has 2 aromatic rings.